The van der Waals surface area contributed by atoms with Gasteiger partial charge in [0.05, 0.1) is 29.1 Å². The number of carbonyl (C=O) groups is 1. The summed E-state index contributed by atoms with van der Waals surface area (Å²) in [6, 6.07) is 18.6. The number of hydrogen-bond acceptors (Lipinski definition) is 4. The number of nitrogens with one attached hydrogen (secondary N) is 1. The van der Waals surface area contributed by atoms with E-state index in [1.165, 1.54) is 0 Å². The molecule has 0 saturated carbocycles. The van der Waals surface area contributed by atoms with E-state index < -0.39 is 0 Å². The van der Waals surface area contributed by atoms with Crippen LogP contribution in [0, 0.1) is 0 Å². The zero-order chi connectivity index (χ0) is 20.1. The Morgan fingerprint density at radius 2 is 1.79 bits per heavy atom. The van der Waals surface area contributed by atoms with Crippen LogP contribution in [0.1, 0.15) is 16.2 Å². The molecule has 146 valence electrons. The van der Waals surface area contributed by atoms with Gasteiger partial charge in [0.2, 0.25) is 0 Å². The second kappa shape index (κ2) is 8.75. The summed E-state index contributed by atoms with van der Waals surface area (Å²) >= 11 is 6.16. The number of carbonyl (C=O) groups excluding carboxylic acids is 1. The molecule has 0 atom stereocenters. The standard InChI is InChI=1S/C22H19ClN4O2/c23-17-5-1-4-8-20(17)29-14-13-27-19-7-3-2-6-18(19)26-21(27)15-25-22(28)16-9-11-24-12-10-16/h1-12H,13-15H2,(H,25,28). The first-order valence-corrected chi connectivity index (χ1v) is 9.60. The van der Waals surface area contributed by atoms with Gasteiger partial charge >= 0.3 is 0 Å². The lowest BCUT2D eigenvalue weighted by atomic mass is 10.2. The molecule has 4 aromatic rings. The highest BCUT2D eigenvalue weighted by atomic mass is 35.5. The Kier molecular flexibility index (Phi) is 5.72. The summed E-state index contributed by atoms with van der Waals surface area (Å²) < 4.78 is 7.89. The molecule has 2 aromatic heterocycles. The van der Waals surface area contributed by atoms with Gasteiger partial charge in [-0.2, -0.15) is 0 Å². The number of halogens is 1. The summed E-state index contributed by atoms with van der Waals surface area (Å²) in [6.45, 7) is 1.31. The van der Waals surface area contributed by atoms with E-state index >= 15 is 0 Å². The Morgan fingerprint density at radius 3 is 2.62 bits per heavy atom. The molecule has 4 rings (SSSR count). The molecule has 0 aliphatic rings. The van der Waals surface area contributed by atoms with Gasteiger partial charge in [0.25, 0.3) is 5.91 Å². The Labute approximate surface area is 173 Å². The Bertz CT molecular complexity index is 1130. The number of hydrogen-bond donors (Lipinski definition) is 1. The van der Waals surface area contributed by atoms with Crippen molar-refractivity contribution >= 4 is 28.5 Å². The quantitative estimate of drug-likeness (QED) is 0.501. The lowest BCUT2D eigenvalue weighted by Crippen LogP contribution is -2.25. The van der Waals surface area contributed by atoms with Crippen molar-refractivity contribution in [2.45, 2.75) is 13.1 Å². The van der Waals surface area contributed by atoms with Gasteiger partial charge in [-0.25, -0.2) is 4.98 Å². The molecule has 0 bridgehead atoms. The highest BCUT2D eigenvalue weighted by Crippen LogP contribution is 2.23. The number of imidazole rings is 1. The number of rotatable bonds is 7. The molecule has 0 unspecified atom stereocenters. The van der Waals surface area contributed by atoms with E-state index in [0.29, 0.717) is 36.0 Å². The van der Waals surface area contributed by atoms with E-state index in [1.54, 1.807) is 30.6 Å². The molecule has 0 saturated heterocycles. The molecule has 2 heterocycles. The maximum Gasteiger partial charge on any atom is 0.251 e. The molecule has 0 aliphatic heterocycles. The van der Waals surface area contributed by atoms with Gasteiger partial charge < -0.3 is 14.6 Å². The number of amides is 1. The van der Waals surface area contributed by atoms with Gasteiger partial charge in [0.15, 0.2) is 0 Å². The summed E-state index contributed by atoms with van der Waals surface area (Å²) in [5.41, 5.74) is 2.42. The molecule has 1 N–H and O–H groups in total. The number of aromatic nitrogens is 3. The molecular formula is C22H19ClN4O2. The zero-order valence-corrected chi connectivity index (χ0v) is 16.3. The summed E-state index contributed by atoms with van der Waals surface area (Å²) in [5, 5.41) is 3.50. The maximum atomic E-state index is 12.4. The number of para-hydroxylation sites is 3. The molecular weight excluding hydrogens is 388 g/mol. The van der Waals surface area contributed by atoms with E-state index in [0.717, 1.165) is 16.9 Å². The van der Waals surface area contributed by atoms with Gasteiger partial charge in [-0.15, -0.1) is 0 Å². The monoisotopic (exact) mass is 406 g/mol. The first-order valence-electron chi connectivity index (χ1n) is 9.22. The van der Waals surface area contributed by atoms with Crippen LogP contribution in [0.2, 0.25) is 5.02 Å². The van der Waals surface area contributed by atoms with Crippen LogP contribution in [0.4, 0.5) is 0 Å². The van der Waals surface area contributed by atoms with Crippen LogP contribution in [-0.4, -0.2) is 27.0 Å². The van der Waals surface area contributed by atoms with Crippen molar-refractivity contribution in [1.82, 2.24) is 19.9 Å². The van der Waals surface area contributed by atoms with Crippen LogP contribution in [0.3, 0.4) is 0 Å². The average Bonchev–Trinajstić information content (AvgIpc) is 3.11. The molecule has 0 spiro atoms. The first kappa shape index (κ1) is 19.0. The van der Waals surface area contributed by atoms with Crippen molar-refractivity contribution in [3.63, 3.8) is 0 Å². The predicted octanol–water partition coefficient (Wildman–Crippen LogP) is 4.09. The Morgan fingerprint density at radius 1 is 1.03 bits per heavy atom. The molecule has 1 amide bonds. The molecule has 0 aliphatic carbocycles. The summed E-state index contributed by atoms with van der Waals surface area (Å²) in [4.78, 5) is 21.0. The third kappa shape index (κ3) is 4.38. The van der Waals surface area contributed by atoms with Crippen molar-refractivity contribution in [1.29, 1.82) is 0 Å². The first-order chi connectivity index (χ1) is 14.2. The van der Waals surface area contributed by atoms with Crippen LogP contribution in [0.15, 0.2) is 73.1 Å². The fraction of sp³-hybridized carbons (Fsp3) is 0.136. The molecule has 29 heavy (non-hydrogen) atoms. The third-order valence-electron chi connectivity index (χ3n) is 4.49. The molecule has 0 fully saturated rings. The summed E-state index contributed by atoms with van der Waals surface area (Å²) in [7, 11) is 0. The highest BCUT2D eigenvalue weighted by Gasteiger charge is 2.13. The second-order valence-corrected chi connectivity index (χ2v) is 6.77. The van der Waals surface area contributed by atoms with Crippen molar-refractivity contribution in [3.05, 3.63) is 89.5 Å². The van der Waals surface area contributed by atoms with Crippen LogP contribution in [-0.2, 0) is 13.1 Å². The van der Waals surface area contributed by atoms with E-state index in [1.807, 2.05) is 42.5 Å². The molecule has 7 heteroatoms. The Balaban J connectivity index is 1.50. The van der Waals surface area contributed by atoms with E-state index in [9.17, 15) is 4.79 Å². The lowest BCUT2D eigenvalue weighted by Gasteiger charge is -2.12. The number of pyridine rings is 1. The predicted molar refractivity (Wildman–Crippen MR) is 112 cm³/mol. The van der Waals surface area contributed by atoms with Gasteiger partial charge in [-0.05, 0) is 36.4 Å². The number of fused-ring (bicyclic) bond motifs is 1. The minimum absolute atomic E-state index is 0.168. The third-order valence-corrected chi connectivity index (χ3v) is 4.80. The number of ether oxygens (including phenoxy) is 1. The largest absolute Gasteiger partial charge is 0.490 e. The smallest absolute Gasteiger partial charge is 0.251 e. The summed E-state index contributed by atoms with van der Waals surface area (Å²) in [5.74, 6) is 1.24. The molecule has 0 radical (unpaired) electrons. The summed E-state index contributed by atoms with van der Waals surface area (Å²) in [6.07, 6.45) is 3.19. The second-order valence-electron chi connectivity index (χ2n) is 6.37. The van der Waals surface area contributed by atoms with E-state index in [4.69, 9.17) is 16.3 Å². The minimum atomic E-state index is -0.168. The zero-order valence-electron chi connectivity index (χ0n) is 15.6. The van der Waals surface area contributed by atoms with Crippen molar-refractivity contribution < 1.29 is 9.53 Å². The fourth-order valence-electron chi connectivity index (χ4n) is 3.08. The molecule has 2 aromatic carbocycles. The number of benzene rings is 2. The van der Waals surface area contributed by atoms with Crippen molar-refractivity contribution in [3.8, 4) is 5.75 Å². The van der Waals surface area contributed by atoms with E-state index in [2.05, 4.69) is 19.9 Å². The van der Waals surface area contributed by atoms with E-state index in [-0.39, 0.29) is 5.91 Å². The Hall–Kier alpha value is -3.38. The SMILES string of the molecule is O=C(NCc1nc2ccccc2n1CCOc1ccccc1Cl)c1ccncc1. The average molecular weight is 407 g/mol. The fourth-order valence-corrected chi connectivity index (χ4v) is 3.27. The van der Waals surface area contributed by atoms with Gasteiger partial charge in [0.1, 0.15) is 18.2 Å². The van der Waals surface area contributed by atoms with Crippen molar-refractivity contribution in [2.24, 2.45) is 0 Å². The highest BCUT2D eigenvalue weighted by molar-refractivity contribution is 6.32. The lowest BCUT2D eigenvalue weighted by molar-refractivity contribution is 0.0949. The molecule has 6 nitrogen and oxygen atoms in total. The van der Waals surface area contributed by atoms with Crippen LogP contribution in [0.5, 0.6) is 5.75 Å². The van der Waals surface area contributed by atoms with Gasteiger partial charge in [-0.3, -0.25) is 9.78 Å². The minimum Gasteiger partial charge on any atom is -0.490 e. The van der Waals surface area contributed by atoms with Crippen LogP contribution < -0.4 is 10.1 Å². The van der Waals surface area contributed by atoms with Crippen molar-refractivity contribution in [2.75, 3.05) is 6.61 Å². The topological polar surface area (TPSA) is 69.0 Å². The normalized spacial score (nSPS) is 10.8. The van der Waals surface area contributed by atoms with Crippen LogP contribution in [0.25, 0.3) is 11.0 Å². The maximum absolute atomic E-state index is 12.4. The van der Waals surface area contributed by atoms with Gasteiger partial charge in [-0.1, -0.05) is 35.9 Å². The van der Waals surface area contributed by atoms with Crippen LogP contribution >= 0.6 is 11.6 Å². The van der Waals surface area contributed by atoms with Gasteiger partial charge in [0, 0.05) is 18.0 Å². The number of nitrogens with zero attached hydrogens (tertiary/aromatic N) is 3.